The Bertz CT molecular complexity index is 959. The van der Waals surface area contributed by atoms with Gasteiger partial charge >= 0.3 is 0 Å². The second-order valence-electron chi connectivity index (χ2n) is 7.10. The maximum absolute atomic E-state index is 12.8. The average molecular weight is 437 g/mol. The highest BCUT2D eigenvalue weighted by molar-refractivity contribution is 7.98. The van der Waals surface area contributed by atoms with Gasteiger partial charge in [-0.15, -0.1) is 11.8 Å². The minimum Gasteiger partial charge on any atom is -0.492 e. The van der Waals surface area contributed by atoms with Crippen LogP contribution in [0.2, 0.25) is 0 Å². The summed E-state index contributed by atoms with van der Waals surface area (Å²) in [6.45, 7) is 7.45. The summed E-state index contributed by atoms with van der Waals surface area (Å²) in [5.41, 5.74) is 1.48. The van der Waals surface area contributed by atoms with Gasteiger partial charge in [-0.1, -0.05) is 32.0 Å². The minimum absolute atomic E-state index is 0.0945. The number of anilines is 1. The highest BCUT2D eigenvalue weighted by atomic mass is 32.2. The minimum atomic E-state index is -3.77. The molecule has 0 aliphatic heterocycles. The first kappa shape index (κ1) is 23.3. The van der Waals surface area contributed by atoms with Gasteiger partial charge < -0.3 is 10.1 Å². The summed E-state index contributed by atoms with van der Waals surface area (Å²) in [4.78, 5) is 13.0. The van der Waals surface area contributed by atoms with Gasteiger partial charge in [0.1, 0.15) is 12.4 Å². The average Bonchev–Trinajstić information content (AvgIpc) is 2.66. The molecule has 0 saturated carbocycles. The van der Waals surface area contributed by atoms with Crippen molar-refractivity contribution < 1.29 is 17.9 Å². The highest BCUT2D eigenvalue weighted by Gasteiger charge is 2.20. The van der Waals surface area contributed by atoms with E-state index in [-0.39, 0.29) is 23.3 Å². The molecule has 0 aliphatic rings. The zero-order valence-electron chi connectivity index (χ0n) is 17.4. The molecule has 29 heavy (non-hydrogen) atoms. The Morgan fingerprint density at radius 1 is 1.14 bits per heavy atom. The monoisotopic (exact) mass is 436 g/mol. The van der Waals surface area contributed by atoms with Crippen LogP contribution in [0.5, 0.6) is 5.75 Å². The van der Waals surface area contributed by atoms with Crippen LogP contribution in [-0.4, -0.2) is 33.2 Å². The maximum atomic E-state index is 12.8. The zero-order valence-corrected chi connectivity index (χ0v) is 19.0. The van der Waals surface area contributed by atoms with E-state index in [0.717, 1.165) is 16.2 Å². The summed E-state index contributed by atoms with van der Waals surface area (Å²) in [6.07, 6.45) is 1.87. The Morgan fingerprint density at radius 3 is 2.45 bits per heavy atom. The number of aryl methyl sites for hydroxylation is 1. The Morgan fingerprint density at radius 2 is 1.83 bits per heavy atom. The number of rotatable bonds is 9. The second-order valence-corrected chi connectivity index (χ2v) is 9.67. The Hall–Kier alpha value is -2.03. The summed E-state index contributed by atoms with van der Waals surface area (Å²) >= 11 is 1.44. The molecule has 0 radical (unpaired) electrons. The number of para-hydroxylation sites is 1. The lowest BCUT2D eigenvalue weighted by molar-refractivity contribution is -0.118. The number of sulfonamides is 1. The Labute approximate surface area is 177 Å². The molecule has 1 unspecified atom stereocenters. The second kappa shape index (κ2) is 10.1. The third-order valence-electron chi connectivity index (χ3n) is 4.20. The van der Waals surface area contributed by atoms with Gasteiger partial charge in [0.05, 0.1) is 16.6 Å². The van der Waals surface area contributed by atoms with E-state index >= 15 is 0 Å². The van der Waals surface area contributed by atoms with Crippen LogP contribution in [0.4, 0.5) is 5.69 Å². The number of hydrogen-bond donors (Lipinski definition) is 2. The number of nitrogens with one attached hydrogen (secondary N) is 2. The van der Waals surface area contributed by atoms with Crippen molar-refractivity contribution in [1.82, 2.24) is 4.72 Å². The van der Waals surface area contributed by atoms with Crippen molar-refractivity contribution in [2.24, 2.45) is 5.92 Å². The van der Waals surface area contributed by atoms with E-state index in [9.17, 15) is 13.2 Å². The summed E-state index contributed by atoms with van der Waals surface area (Å²) in [6, 6.07) is 11.9. The number of hydrogen-bond acceptors (Lipinski definition) is 5. The van der Waals surface area contributed by atoms with Crippen molar-refractivity contribution in [3.05, 3.63) is 48.0 Å². The molecule has 158 valence electrons. The standard InChI is InChI=1S/C21H28N2O4S2/c1-14(2)21(24)22-18-12-17(10-11-20(18)28-5)29(25,26)23-16(4)13-27-19-9-7-6-8-15(19)3/h6-12,14,16,23H,13H2,1-5H3,(H,22,24). The molecular formula is C21H28N2O4S2. The molecule has 2 N–H and O–H groups in total. The molecule has 0 aromatic heterocycles. The van der Waals surface area contributed by atoms with Crippen LogP contribution in [0.25, 0.3) is 0 Å². The van der Waals surface area contributed by atoms with E-state index in [1.807, 2.05) is 37.4 Å². The predicted octanol–water partition coefficient (Wildman–Crippen LogP) is 4.06. The molecule has 0 bridgehead atoms. The molecule has 2 aromatic rings. The molecule has 0 heterocycles. The van der Waals surface area contributed by atoms with Crippen LogP contribution in [-0.2, 0) is 14.8 Å². The molecule has 0 saturated heterocycles. The van der Waals surface area contributed by atoms with Crippen LogP contribution in [0, 0.1) is 12.8 Å². The molecular weight excluding hydrogens is 408 g/mol. The Kier molecular flexibility index (Phi) is 8.13. The quantitative estimate of drug-likeness (QED) is 0.579. The third kappa shape index (κ3) is 6.48. The smallest absolute Gasteiger partial charge is 0.241 e. The Balaban J connectivity index is 2.13. The van der Waals surface area contributed by atoms with Crippen molar-refractivity contribution in [3.8, 4) is 5.75 Å². The summed E-state index contributed by atoms with van der Waals surface area (Å²) in [5, 5.41) is 2.80. The third-order valence-corrected chi connectivity index (χ3v) is 6.59. The lowest BCUT2D eigenvalue weighted by Crippen LogP contribution is -2.36. The predicted molar refractivity (Wildman–Crippen MR) is 118 cm³/mol. The van der Waals surface area contributed by atoms with Crippen LogP contribution < -0.4 is 14.8 Å². The first-order valence-corrected chi connectivity index (χ1v) is 12.0. The molecule has 2 rings (SSSR count). The summed E-state index contributed by atoms with van der Waals surface area (Å²) in [7, 11) is -3.77. The van der Waals surface area contributed by atoms with Gasteiger partial charge in [0.15, 0.2) is 0 Å². The highest BCUT2D eigenvalue weighted by Crippen LogP contribution is 2.28. The fourth-order valence-electron chi connectivity index (χ4n) is 2.53. The van der Waals surface area contributed by atoms with Crippen LogP contribution in [0.15, 0.2) is 52.3 Å². The van der Waals surface area contributed by atoms with E-state index in [1.165, 1.54) is 23.9 Å². The molecule has 0 aliphatic carbocycles. The summed E-state index contributed by atoms with van der Waals surface area (Å²) < 4.78 is 34.0. The number of carbonyl (C=O) groups excluding carboxylic acids is 1. The molecule has 1 amide bonds. The van der Waals surface area contributed by atoms with Crippen molar-refractivity contribution >= 4 is 33.4 Å². The lowest BCUT2D eigenvalue weighted by atomic mass is 10.2. The lowest BCUT2D eigenvalue weighted by Gasteiger charge is -2.17. The first-order chi connectivity index (χ1) is 13.6. The molecule has 1 atom stereocenters. The van der Waals surface area contributed by atoms with Gasteiger partial charge in [-0.3, -0.25) is 4.79 Å². The molecule has 0 fully saturated rings. The molecule has 0 spiro atoms. The SMILES string of the molecule is CSc1ccc(S(=O)(=O)NC(C)COc2ccccc2C)cc1NC(=O)C(C)C. The normalized spacial score (nSPS) is 12.6. The number of ether oxygens (including phenoxy) is 1. The van der Waals surface area contributed by atoms with Crippen molar-refractivity contribution in [2.45, 2.75) is 43.5 Å². The van der Waals surface area contributed by atoms with Gasteiger partial charge in [0.2, 0.25) is 15.9 Å². The van der Waals surface area contributed by atoms with Crippen LogP contribution in [0.1, 0.15) is 26.3 Å². The van der Waals surface area contributed by atoms with E-state index < -0.39 is 16.1 Å². The number of thioether (sulfide) groups is 1. The van der Waals surface area contributed by atoms with E-state index in [1.54, 1.807) is 26.8 Å². The van der Waals surface area contributed by atoms with Crippen molar-refractivity contribution in [1.29, 1.82) is 0 Å². The number of carbonyl (C=O) groups is 1. The summed E-state index contributed by atoms with van der Waals surface area (Å²) in [5.74, 6) is 0.353. The van der Waals surface area contributed by atoms with Gasteiger partial charge in [-0.2, -0.15) is 0 Å². The fourth-order valence-corrected chi connectivity index (χ4v) is 4.32. The fraction of sp³-hybridized carbons (Fsp3) is 0.381. The van der Waals surface area contributed by atoms with Gasteiger partial charge in [0.25, 0.3) is 0 Å². The van der Waals surface area contributed by atoms with E-state index in [2.05, 4.69) is 10.0 Å². The number of benzene rings is 2. The van der Waals surface area contributed by atoms with Crippen LogP contribution >= 0.6 is 11.8 Å². The zero-order chi connectivity index (χ0) is 21.6. The number of amides is 1. The van der Waals surface area contributed by atoms with Gasteiger partial charge in [0, 0.05) is 10.8 Å². The van der Waals surface area contributed by atoms with Gasteiger partial charge in [-0.25, -0.2) is 13.1 Å². The van der Waals surface area contributed by atoms with Crippen molar-refractivity contribution in [2.75, 3.05) is 18.2 Å². The topological polar surface area (TPSA) is 84.5 Å². The van der Waals surface area contributed by atoms with Gasteiger partial charge in [-0.05, 0) is 49.9 Å². The molecule has 8 heteroatoms. The maximum Gasteiger partial charge on any atom is 0.241 e. The largest absolute Gasteiger partial charge is 0.492 e. The van der Waals surface area contributed by atoms with E-state index in [0.29, 0.717) is 5.69 Å². The van der Waals surface area contributed by atoms with Crippen LogP contribution in [0.3, 0.4) is 0 Å². The van der Waals surface area contributed by atoms with Crippen molar-refractivity contribution in [3.63, 3.8) is 0 Å². The van der Waals surface area contributed by atoms with E-state index in [4.69, 9.17) is 4.74 Å². The molecule has 2 aromatic carbocycles. The first-order valence-electron chi connectivity index (χ1n) is 9.33. The molecule has 6 nitrogen and oxygen atoms in total.